The Hall–Kier alpha value is 0.220. The van der Waals surface area contributed by atoms with Gasteiger partial charge in [-0.1, -0.05) is 29.3 Å². The molecule has 0 bridgehead atoms. The molecular formula is C9H11Cl2N3NaO3P. The Morgan fingerprint density at radius 2 is 2.00 bits per heavy atom. The van der Waals surface area contributed by atoms with E-state index in [0.717, 1.165) is 0 Å². The Morgan fingerprint density at radius 3 is 2.47 bits per heavy atom. The van der Waals surface area contributed by atoms with Crippen LogP contribution in [-0.2, 0) is 11.0 Å². The van der Waals surface area contributed by atoms with Gasteiger partial charge in [-0.3, -0.25) is 14.6 Å². The average Bonchev–Trinajstić information content (AvgIpc) is 2.19. The topological polar surface area (TPSA) is 111 Å². The van der Waals surface area contributed by atoms with Crippen LogP contribution in [0.3, 0.4) is 0 Å². The quantitative estimate of drug-likeness (QED) is 0.253. The van der Waals surface area contributed by atoms with E-state index in [0.29, 0.717) is 22.0 Å². The second kappa shape index (κ2) is 8.49. The van der Waals surface area contributed by atoms with Gasteiger partial charge in [0.25, 0.3) is 0 Å². The van der Waals surface area contributed by atoms with Gasteiger partial charge in [0.15, 0.2) is 5.96 Å². The predicted molar refractivity (Wildman–Crippen MR) is 69.6 cm³/mol. The zero-order valence-corrected chi connectivity index (χ0v) is 14.5. The smallest absolute Gasteiger partial charge is 0.762 e. The molecule has 0 aliphatic heterocycles. The summed E-state index contributed by atoms with van der Waals surface area (Å²) in [5, 5.41) is 2.65. The van der Waals surface area contributed by atoms with E-state index < -0.39 is 7.75 Å². The second-order valence-corrected chi connectivity index (χ2v) is 5.43. The molecule has 1 aromatic rings. The molecule has 0 heterocycles. The van der Waals surface area contributed by atoms with Crippen molar-refractivity contribution in [2.75, 3.05) is 6.54 Å². The minimum atomic E-state index is -4.66. The summed E-state index contributed by atoms with van der Waals surface area (Å²) in [6.07, 6.45) is 0.398. The summed E-state index contributed by atoms with van der Waals surface area (Å²) in [5.74, 6) is -0.390. The summed E-state index contributed by atoms with van der Waals surface area (Å²) in [7, 11) is -4.66. The Balaban J connectivity index is 0.00000324. The molecule has 0 aliphatic carbocycles. The number of nitrogens with two attached hydrogens (primary N) is 1. The van der Waals surface area contributed by atoms with E-state index in [1.54, 1.807) is 23.3 Å². The van der Waals surface area contributed by atoms with Gasteiger partial charge in [-0.25, -0.2) is 0 Å². The number of rotatable bonds is 4. The summed E-state index contributed by atoms with van der Waals surface area (Å²) < 4.78 is 10.5. The zero-order valence-electron chi connectivity index (χ0n) is 10.1. The van der Waals surface area contributed by atoms with E-state index in [-0.39, 0.29) is 42.1 Å². The number of guanidine groups is 1. The third-order valence-corrected chi connectivity index (χ3v) is 3.18. The van der Waals surface area contributed by atoms with Gasteiger partial charge >= 0.3 is 29.6 Å². The van der Waals surface area contributed by atoms with Crippen LogP contribution in [0.1, 0.15) is 5.56 Å². The summed E-state index contributed by atoms with van der Waals surface area (Å²) in [6, 6.07) is 5.09. The summed E-state index contributed by atoms with van der Waals surface area (Å²) in [5.41, 5.74) is 5.94. The van der Waals surface area contributed by atoms with Crippen molar-refractivity contribution in [2.24, 2.45) is 10.7 Å². The van der Waals surface area contributed by atoms with E-state index in [2.05, 4.69) is 4.99 Å². The standard InChI is InChI=1S/C9H12Cl2N3O3P.Na/c10-7-2-1-3-8(11)6(7)4-5-13-9(12)14-18(15,16)17;/h1-3H,4-5H2,(H5,12,13,14,15,16,17);/q;+1/p-1. The molecule has 1 unspecified atom stereocenters. The van der Waals surface area contributed by atoms with E-state index in [1.165, 1.54) is 0 Å². The fraction of sp³-hybridized carbons (Fsp3) is 0.222. The van der Waals surface area contributed by atoms with Crippen LogP contribution >= 0.6 is 30.9 Å². The molecule has 0 aliphatic rings. The maximum atomic E-state index is 10.5. The second-order valence-electron chi connectivity index (χ2n) is 3.35. The normalized spacial score (nSPS) is 14.4. The molecule has 19 heavy (non-hydrogen) atoms. The minimum Gasteiger partial charge on any atom is -0.762 e. The molecule has 0 spiro atoms. The Morgan fingerprint density at radius 1 is 1.47 bits per heavy atom. The molecule has 0 saturated heterocycles. The van der Waals surface area contributed by atoms with Crippen LogP contribution in [0.4, 0.5) is 0 Å². The van der Waals surface area contributed by atoms with Gasteiger partial charge in [0.05, 0.1) is 0 Å². The van der Waals surface area contributed by atoms with Crippen molar-refractivity contribution < 1.29 is 43.9 Å². The molecule has 0 amide bonds. The number of benzene rings is 1. The average molecular weight is 334 g/mol. The van der Waals surface area contributed by atoms with Gasteiger partial charge in [0.1, 0.15) is 0 Å². The van der Waals surface area contributed by atoms with Crippen molar-refractivity contribution >= 4 is 36.9 Å². The maximum Gasteiger partial charge on any atom is 1.00 e. The zero-order chi connectivity index (χ0) is 13.8. The molecule has 0 radical (unpaired) electrons. The van der Waals surface area contributed by atoms with Gasteiger partial charge in [0.2, 0.25) is 7.75 Å². The molecule has 1 rings (SSSR count). The third kappa shape index (κ3) is 7.54. The maximum absolute atomic E-state index is 10.5. The largest absolute Gasteiger partial charge is 1.00 e. The van der Waals surface area contributed by atoms with Crippen molar-refractivity contribution in [2.45, 2.75) is 6.42 Å². The molecule has 0 saturated carbocycles. The van der Waals surface area contributed by atoms with Crippen molar-refractivity contribution in [1.82, 2.24) is 5.09 Å². The van der Waals surface area contributed by atoms with Crippen molar-refractivity contribution in [3.63, 3.8) is 0 Å². The summed E-state index contributed by atoms with van der Waals surface area (Å²) >= 11 is 11.9. The number of halogens is 2. The van der Waals surface area contributed by atoms with E-state index >= 15 is 0 Å². The van der Waals surface area contributed by atoms with Crippen molar-refractivity contribution in [1.29, 1.82) is 0 Å². The first-order valence-corrected chi connectivity index (χ1v) is 7.18. The summed E-state index contributed by atoms with van der Waals surface area (Å²) in [6.45, 7) is 0.183. The minimum absolute atomic E-state index is 0. The number of hydrogen-bond acceptors (Lipinski definition) is 3. The molecule has 1 atom stereocenters. The van der Waals surface area contributed by atoms with Gasteiger partial charge in [-0.05, 0) is 24.1 Å². The third-order valence-electron chi connectivity index (χ3n) is 1.96. The fourth-order valence-electron chi connectivity index (χ4n) is 1.24. The van der Waals surface area contributed by atoms with Crippen LogP contribution in [0.2, 0.25) is 10.0 Å². The number of hydrogen-bond donors (Lipinski definition) is 3. The first-order chi connectivity index (χ1) is 8.29. The van der Waals surface area contributed by atoms with Crippen LogP contribution in [0, 0.1) is 0 Å². The van der Waals surface area contributed by atoms with Gasteiger partial charge in [0, 0.05) is 16.6 Å². The van der Waals surface area contributed by atoms with E-state index in [1.807, 2.05) is 0 Å². The molecule has 0 fully saturated rings. The van der Waals surface area contributed by atoms with Crippen LogP contribution in [0.15, 0.2) is 23.2 Å². The van der Waals surface area contributed by atoms with E-state index in [4.69, 9.17) is 33.8 Å². The Labute approximate surface area is 142 Å². The van der Waals surface area contributed by atoms with Crippen LogP contribution in [0.5, 0.6) is 0 Å². The molecule has 10 heteroatoms. The molecule has 1 aromatic carbocycles. The molecule has 6 nitrogen and oxygen atoms in total. The first-order valence-electron chi connectivity index (χ1n) is 4.84. The molecule has 0 aromatic heterocycles. The van der Waals surface area contributed by atoms with Gasteiger partial charge < -0.3 is 15.5 Å². The number of nitrogens with one attached hydrogen (secondary N) is 1. The molecule has 100 valence electrons. The van der Waals surface area contributed by atoms with Gasteiger partial charge in [-0.15, -0.1) is 0 Å². The Kier molecular flexibility index (Phi) is 8.59. The van der Waals surface area contributed by atoms with Crippen molar-refractivity contribution in [3.05, 3.63) is 33.8 Å². The molecule has 4 N–H and O–H groups in total. The Bertz CT molecular complexity index is 489. The van der Waals surface area contributed by atoms with Crippen LogP contribution in [-0.4, -0.2) is 17.4 Å². The SMILES string of the molecule is NC(=NCCc1c(Cl)cccc1Cl)NP(=O)([O-])O.[Na+]. The predicted octanol–water partition coefficient (Wildman–Crippen LogP) is -2.10. The first kappa shape index (κ1) is 19.2. The number of nitrogens with zero attached hydrogens (tertiary/aromatic N) is 1. The van der Waals surface area contributed by atoms with E-state index in [9.17, 15) is 9.46 Å². The van der Waals surface area contributed by atoms with Crippen molar-refractivity contribution in [3.8, 4) is 0 Å². The van der Waals surface area contributed by atoms with Gasteiger partial charge in [-0.2, -0.15) is 0 Å². The molecular weight excluding hydrogens is 323 g/mol. The monoisotopic (exact) mass is 333 g/mol. The van der Waals surface area contributed by atoms with Crippen LogP contribution < -0.4 is 45.3 Å². The number of aliphatic imine (C=N–C) groups is 1. The summed E-state index contributed by atoms with van der Waals surface area (Å²) in [4.78, 5) is 22.7. The van der Waals surface area contributed by atoms with Crippen LogP contribution in [0.25, 0.3) is 0 Å². The fourth-order valence-corrected chi connectivity index (χ4v) is 2.19.